The molecule has 0 radical (unpaired) electrons. The van der Waals surface area contributed by atoms with Gasteiger partial charge in [0.1, 0.15) is 11.9 Å². The number of quaternary nitrogens is 1. The predicted molar refractivity (Wildman–Crippen MR) is 87.6 cm³/mol. The summed E-state index contributed by atoms with van der Waals surface area (Å²) in [6.45, 7) is 5.39. The zero-order valence-electron chi connectivity index (χ0n) is 12.1. The predicted octanol–water partition coefficient (Wildman–Crippen LogP) is 3.20. The molecule has 0 amide bonds. The Balaban J connectivity index is 2.81. The monoisotopic (exact) mass is 325 g/mol. The average Bonchev–Trinajstić information content (AvgIpc) is 2.43. The van der Waals surface area contributed by atoms with Gasteiger partial charge in [0.2, 0.25) is 0 Å². The maximum atomic E-state index is 13.3. The summed E-state index contributed by atoms with van der Waals surface area (Å²) in [5, 5.41) is 13.3. The van der Waals surface area contributed by atoms with Crippen LogP contribution in [0.15, 0.2) is 41.6 Å². The highest BCUT2D eigenvalue weighted by Crippen LogP contribution is 2.34. The topological polar surface area (TPSA) is 57.2 Å². The minimum Gasteiger partial charge on any atom is -0.616 e. The number of alkyl halides is 1. The van der Waals surface area contributed by atoms with E-state index in [1.807, 2.05) is 19.1 Å². The van der Waals surface area contributed by atoms with Gasteiger partial charge in [-0.25, -0.2) is 0 Å². The van der Waals surface area contributed by atoms with Crippen molar-refractivity contribution in [2.45, 2.75) is 20.8 Å². The van der Waals surface area contributed by atoms with Crippen molar-refractivity contribution < 1.29 is 8.42 Å². The van der Waals surface area contributed by atoms with Crippen molar-refractivity contribution in [2.75, 3.05) is 5.88 Å². The van der Waals surface area contributed by atoms with Crippen LogP contribution in [0.5, 0.6) is 0 Å². The van der Waals surface area contributed by atoms with Gasteiger partial charge in [-0.05, 0) is 38.0 Å². The first-order valence-electron chi connectivity index (χ1n) is 6.41. The standard InChI is InChI=1S/C15H16ClNO3S/c1-10-4-5-12(3)14(8-10)17(18)7-6-11(2)13(9-16)15(17)21(19)20/h4-8H,9H2,1-3H3. The van der Waals surface area contributed by atoms with Crippen LogP contribution in [0.3, 0.4) is 0 Å². The molecular formula is C15H16ClNO3S. The Morgan fingerprint density at radius 2 is 1.90 bits per heavy atom. The second kappa shape index (κ2) is 5.77. The fourth-order valence-electron chi connectivity index (χ4n) is 2.40. The van der Waals surface area contributed by atoms with Crippen LogP contribution in [-0.4, -0.2) is 19.3 Å². The summed E-state index contributed by atoms with van der Waals surface area (Å²) in [6.07, 6.45) is 2.97. The van der Waals surface area contributed by atoms with Gasteiger partial charge < -0.3 is 5.21 Å². The van der Waals surface area contributed by atoms with Gasteiger partial charge in [0.25, 0.3) is 15.3 Å². The number of benzene rings is 1. The molecule has 0 aromatic heterocycles. The molecule has 0 saturated carbocycles. The second-order valence-electron chi connectivity index (χ2n) is 5.10. The summed E-state index contributed by atoms with van der Waals surface area (Å²) in [5.41, 5.74) is 3.08. The van der Waals surface area contributed by atoms with Crippen LogP contribution in [0.1, 0.15) is 18.1 Å². The first-order chi connectivity index (χ1) is 9.81. The number of hydrogen-bond acceptors (Lipinski definition) is 3. The van der Waals surface area contributed by atoms with Crippen molar-refractivity contribution in [2.24, 2.45) is 0 Å². The number of hydrogen-bond donors (Lipinski definition) is 0. The number of halogens is 1. The van der Waals surface area contributed by atoms with Gasteiger partial charge in [-0.2, -0.15) is 8.42 Å². The molecule has 0 fully saturated rings. The molecule has 0 saturated heterocycles. The zero-order chi connectivity index (χ0) is 15.8. The van der Waals surface area contributed by atoms with Gasteiger partial charge in [0, 0.05) is 17.2 Å². The molecule has 0 bridgehead atoms. The summed E-state index contributed by atoms with van der Waals surface area (Å²) in [7, 11) is -2.65. The molecule has 1 aromatic rings. The quantitative estimate of drug-likeness (QED) is 0.363. The Bertz CT molecular complexity index is 785. The highest BCUT2D eigenvalue weighted by molar-refractivity contribution is 7.73. The SMILES string of the molecule is CC1=C(CCl)C(=S(=O)=O)[N+]([O-])(c2cc(C)ccc2C)C=C1. The van der Waals surface area contributed by atoms with Crippen molar-refractivity contribution in [1.82, 2.24) is 4.65 Å². The number of allylic oxidation sites excluding steroid dienone is 2. The fourth-order valence-corrected chi connectivity index (χ4v) is 3.63. The first kappa shape index (κ1) is 16.0. The van der Waals surface area contributed by atoms with Gasteiger partial charge in [0.05, 0.1) is 5.88 Å². The van der Waals surface area contributed by atoms with E-state index >= 15 is 0 Å². The summed E-state index contributed by atoms with van der Waals surface area (Å²) in [6, 6.07) is 5.41. The summed E-state index contributed by atoms with van der Waals surface area (Å²) >= 11 is 5.87. The maximum Gasteiger partial charge on any atom is 0.277 e. The molecule has 21 heavy (non-hydrogen) atoms. The Hall–Kier alpha value is -1.40. The van der Waals surface area contributed by atoms with E-state index in [1.165, 1.54) is 6.20 Å². The van der Waals surface area contributed by atoms with Crippen LogP contribution in [-0.2, 0) is 10.3 Å². The van der Waals surface area contributed by atoms with E-state index < -0.39 is 14.9 Å². The Labute approximate surface area is 130 Å². The highest BCUT2D eigenvalue weighted by atomic mass is 35.5. The fraction of sp³-hybridized carbons (Fsp3) is 0.267. The molecular weight excluding hydrogens is 310 g/mol. The number of aryl methyl sites for hydroxylation is 2. The lowest BCUT2D eigenvalue weighted by molar-refractivity contribution is 0.622. The van der Waals surface area contributed by atoms with Crippen molar-refractivity contribution in [3.8, 4) is 0 Å². The van der Waals surface area contributed by atoms with E-state index in [1.54, 1.807) is 26.0 Å². The molecule has 112 valence electrons. The third kappa shape index (κ3) is 2.70. The summed E-state index contributed by atoms with van der Waals surface area (Å²) < 4.78 is 22.2. The molecule has 1 aliphatic heterocycles. The summed E-state index contributed by atoms with van der Waals surface area (Å²) in [4.78, 5) is -0.237. The second-order valence-corrected chi connectivity index (χ2v) is 6.22. The molecule has 1 aliphatic rings. The van der Waals surface area contributed by atoms with Gasteiger partial charge >= 0.3 is 0 Å². The van der Waals surface area contributed by atoms with Crippen LogP contribution in [0, 0.1) is 19.1 Å². The van der Waals surface area contributed by atoms with Crippen LogP contribution >= 0.6 is 11.6 Å². The zero-order valence-corrected chi connectivity index (χ0v) is 13.6. The van der Waals surface area contributed by atoms with Crippen molar-refractivity contribution >= 4 is 32.6 Å². The Kier molecular flexibility index (Phi) is 4.39. The van der Waals surface area contributed by atoms with E-state index in [2.05, 4.69) is 0 Å². The molecule has 1 unspecified atom stereocenters. The largest absolute Gasteiger partial charge is 0.616 e. The molecule has 1 atom stereocenters. The molecule has 2 rings (SSSR count). The maximum absolute atomic E-state index is 13.3. The van der Waals surface area contributed by atoms with Crippen LogP contribution < -0.4 is 4.65 Å². The molecule has 1 heterocycles. The van der Waals surface area contributed by atoms with Gasteiger partial charge in [-0.1, -0.05) is 12.1 Å². The van der Waals surface area contributed by atoms with E-state index in [4.69, 9.17) is 11.6 Å². The molecule has 1 aromatic carbocycles. The number of hydroxylamine groups is 2. The lowest BCUT2D eigenvalue weighted by atomic mass is 10.0. The van der Waals surface area contributed by atoms with Gasteiger partial charge in [-0.15, -0.1) is 11.6 Å². The normalized spacial score (nSPS) is 21.9. The molecule has 4 nitrogen and oxygen atoms in total. The minimum absolute atomic E-state index is 0.0212. The third-order valence-corrected chi connectivity index (χ3v) is 4.68. The van der Waals surface area contributed by atoms with Crippen molar-refractivity contribution in [1.29, 1.82) is 0 Å². The van der Waals surface area contributed by atoms with Crippen molar-refractivity contribution in [3.05, 3.63) is 58.0 Å². The molecule has 0 aliphatic carbocycles. The molecule has 0 spiro atoms. The first-order valence-corrected chi connectivity index (χ1v) is 8.02. The van der Waals surface area contributed by atoms with E-state index in [0.29, 0.717) is 16.8 Å². The minimum atomic E-state index is -2.65. The number of rotatable bonds is 2. The lowest BCUT2D eigenvalue weighted by Crippen LogP contribution is -2.47. The van der Waals surface area contributed by atoms with Gasteiger partial charge in [0.15, 0.2) is 0 Å². The molecule has 0 N–H and O–H groups in total. The van der Waals surface area contributed by atoms with E-state index in [0.717, 1.165) is 11.1 Å². The van der Waals surface area contributed by atoms with E-state index in [9.17, 15) is 13.6 Å². The average molecular weight is 326 g/mol. The Morgan fingerprint density at radius 1 is 1.24 bits per heavy atom. The summed E-state index contributed by atoms with van der Waals surface area (Å²) in [5.74, 6) is -0.0212. The van der Waals surface area contributed by atoms with Crippen LogP contribution in [0.2, 0.25) is 0 Å². The smallest absolute Gasteiger partial charge is 0.277 e. The Morgan fingerprint density at radius 3 is 2.48 bits per heavy atom. The highest BCUT2D eigenvalue weighted by Gasteiger charge is 2.35. The van der Waals surface area contributed by atoms with Crippen LogP contribution in [0.25, 0.3) is 0 Å². The number of nitrogens with zero attached hydrogens (tertiary/aromatic N) is 1. The lowest BCUT2D eigenvalue weighted by Gasteiger charge is -2.40. The third-order valence-electron chi connectivity index (χ3n) is 3.58. The molecule has 6 heteroatoms. The van der Waals surface area contributed by atoms with E-state index in [-0.39, 0.29) is 10.9 Å². The van der Waals surface area contributed by atoms with Crippen molar-refractivity contribution in [3.63, 3.8) is 0 Å². The van der Waals surface area contributed by atoms with Gasteiger partial charge in [-0.3, -0.25) is 4.65 Å². The van der Waals surface area contributed by atoms with Crippen LogP contribution in [0.4, 0.5) is 5.69 Å².